The lowest BCUT2D eigenvalue weighted by atomic mass is 9.91. The zero-order chi connectivity index (χ0) is 16.4. The van der Waals surface area contributed by atoms with E-state index in [4.69, 9.17) is 10.8 Å². The number of rotatable bonds is 4. The van der Waals surface area contributed by atoms with E-state index in [-0.39, 0.29) is 17.1 Å². The number of carboxylic acid groups (broad SMARTS) is 1. The van der Waals surface area contributed by atoms with Crippen molar-refractivity contribution in [1.29, 1.82) is 0 Å². The number of H-pyrrole nitrogens is 1. The fourth-order valence-electron chi connectivity index (χ4n) is 2.84. The Bertz CT molecular complexity index is 783. The van der Waals surface area contributed by atoms with Gasteiger partial charge in [-0.1, -0.05) is 12.1 Å². The lowest BCUT2D eigenvalue weighted by Gasteiger charge is -2.24. The molecule has 0 spiro atoms. The summed E-state index contributed by atoms with van der Waals surface area (Å²) in [6.07, 6.45) is 2.41. The van der Waals surface area contributed by atoms with Crippen molar-refractivity contribution in [3.63, 3.8) is 0 Å². The van der Waals surface area contributed by atoms with E-state index < -0.39 is 5.97 Å². The van der Waals surface area contributed by atoms with E-state index in [2.05, 4.69) is 15.3 Å². The fraction of sp³-hybridized carbons (Fsp3) is 0.312. The average molecular weight is 314 g/mol. The van der Waals surface area contributed by atoms with Gasteiger partial charge in [-0.3, -0.25) is 9.78 Å². The number of hydrogen-bond acceptors (Lipinski definition) is 5. The Morgan fingerprint density at radius 2 is 2.09 bits per heavy atom. The van der Waals surface area contributed by atoms with Gasteiger partial charge in [-0.25, -0.2) is 4.79 Å². The zero-order valence-electron chi connectivity index (χ0n) is 12.5. The number of nitrogens with zero attached hydrogens (tertiary/aromatic N) is 1. The number of aryl methyl sites for hydroxylation is 1. The largest absolute Gasteiger partial charge is 0.478 e. The lowest BCUT2D eigenvalue weighted by molar-refractivity contribution is 0.0697. The van der Waals surface area contributed by atoms with Gasteiger partial charge in [0.25, 0.3) is 5.56 Å². The predicted molar refractivity (Wildman–Crippen MR) is 86.7 cm³/mol. The molecule has 0 bridgehead atoms. The molecule has 7 heteroatoms. The summed E-state index contributed by atoms with van der Waals surface area (Å²) < 4.78 is 0. The second-order valence-electron chi connectivity index (χ2n) is 5.77. The molecule has 1 atom stereocenters. The van der Waals surface area contributed by atoms with Gasteiger partial charge in [-0.2, -0.15) is 4.98 Å². The normalized spacial score (nSPS) is 16.4. The molecular formula is C16H18N4O3. The highest BCUT2D eigenvalue weighted by atomic mass is 16.4. The van der Waals surface area contributed by atoms with Gasteiger partial charge in [0.2, 0.25) is 5.95 Å². The minimum absolute atomic E-state index is 0.123. The van der Waals surface area contributed by atoms with Crippen LogP contribution in [0.5, 0.6) is 0 Å². The van der Waals surface area contributed by atoms with Gasteiger partial charge >= 0.3 is 5.97 Å². The van der Waals surface area contributed by atoms with Crippen LogP contribution in [0.2, 0.25) is 0 Å². The summed E-state index contributed by atoms with van der Waals surface area (Å²) in [7, 11) is 0. The Morgan fingerprint density at radius 1 is 1.35 bits per heavy atom. The number of hydrogen-bond donors (Lipinski definition) is 4. The molecule has 0 unspecified atom stereocenters. The molecule has 0 saturated heterocycles. The van der Waals surface area contributed by atoms with Crippen LogP contribution in [0.1, 0.15) is 27.9 Å². The monoisotopic (exact) mass is 314 g/mol. The van der Waals surface area contributed by atoms with Crippen molar-refractivity contribution in [1.82, 2.24) is 9.97 Å². The van der Waals surface area contributed by atoms with Crippen molar-refractivity contribution in [3.8, 4) is 0 Å². The summed E-state index contributed by atoms with van der Waals surface area (Å²) in [4.78, 5) is 29.4. The molecule has 1 aromatic carbocycles. The molecule has 0 radical (unpaired) electrons. The number of carboxylic acids is 1. The first-order chi connectivity index (χ1) is 11.0. The maximum absolute atomic E-state index is 11.9. The van der Waals surface area contributed by atoms with E-state index in [1.165, 1.54) is 0 Å². The highest BCUT2D eigenvalue weighted by Crippen LogP contribution is 2.23. The molecule has 1 aliphatic heterocycles. The second-order valence-corrected chi connectivity index (χ2v) is 5.77. The first kappa shape index (κ1) is 15.1. The van der Waals surface area contributed by atoms with Crippen LogP contribution in [0.4, 0.5) is 11.8 Å². The highest BCUT2D eigenvalue weighted by molar-refractivity contribution is 5.87. The topological polar surface area (TPSA) is 121 Å². The molecule has 23 heavy (non-hydrogen) atoms. The summed E-state index contributed by atoms with van der Waals surface area (Å²) in [5, 5.41) is 12.1. The van der Waals surface area contributed by atoms with E-state index >= 15 is 0 Å². The number of aromatic nitrogens is 2. The Labute approximate surface area is 132 Å². The molecule has 2 heterocycles. The number of anilines is 2. The van der Waals surface area contributed by atoms with Gasteiger partial charge in [-0.15, -0.1) is 0 Å². The number of carbonyl (C=O) groups is 1. The molecule has 2 aromatic rings. The third kappa shape index (κ3) is 3.33. The Kier molecular flexibility index (Phi) is 4.01. The standard InChI is InChI=1S/C16H18N4O3/c17-16-19-13-12(14(21)20-16)7-10(8-18-13)2-1-9-3-5-11(6-4-9)15(22)23/h3-6,10H,1-2,7-8H2,(H,22,23)(H4,17,18,19,20,21)/t10-/m0/s1. The van der Waals surface area contributed by atoms with Gasteiger partial charge in [0.15, 0.2) is 0 Å². The van der Waals surface area contributed by atoms with Crippen molar-refractivity contribution in [3.05, 3.63) is 51.3 Å². The minimum atomic E-state index is -0.921. The number of benzene rings is 1. The molecule has 5 N–H and O–H groups in total. The quantitative estimate of drug-likeness (QED) is 0.674. The maximum Gasteiger partial charge on any atom is 0.335 e. The Morgan fingerprint density at radius 3 is 2.78 bits per heavy atom. The number of aromatic amines is 1. The summed E-state index contributed by atoms with van der Waals surface area (Å²) >= 11 is 0. The molecular weight excluding hydrogens is 296 g/mol. The highest BCUT2D eigenvalue weighted by Gasteiger charge is 2.22. The number of fused-ring (bicyclic) bond motifs is 1. The molecule has 0 saturated carbocycles. The molecule has 3 rings (SSSR count). The molecule has 0 aliphatic carbocycles. The van der Waals surface area contributed by atoms with Crippen molar-refractivity contribution in [2.45, 2.75) is 19.3 Å². The first-order valence-electron chi connectivity index (χ1n) is 7.47. The summed E-state index contributed by atoms with van der Waals surface area (Å²) in [6.45, 7) is 0.746. The number of aromatic carboxylic acids is 1. The summed E-state index contributed by atoms with van der Waals surface area (Å²) in [5.74, 6) is 0.107. The van der Waals surface area contributed by atoms with Crippen LogP contribution in [0, 0.1) is 5.92 Å². The molecule has 0 amide bonds. The van der Waals surface area contributed by atoms with Crippen LogP contribution in [-0.2, 0) is 12.8 Å². The van der Waals surface area contributed by atoms with Crippen molar-refractivity contribution < 1.29 is 9.90 Å². The van der Waals surface area contributed by atoms with Gasteiger partial charge in [-0.05, 0) is 42.9 Å². The van der Waals surface area contributed by atoms with Crippen LogP contribution < -0.4 is 16.6 Å². The summed E-state index contributed by atoms with van der Waals surface area (Å²) in [6, 6.07) is 6.90. The second kappa shape index (κ2) is 6.12. The molecule has 0 fully saturated rings. The van der Waals surface area contributed by atoms with E-state index in [0.717, 1.165) is 24.9 Å². The van der Waals surface area contributed by atoms with Crippen LogP contribution in [-0.4, -0.2) is 27.6 Å². The maximum atomic E-state index is 11.9. The third-order valence-corrected chi connectivity index (χ3v) is 4.13. The predicted octanol–water partition coefficient (Wildman–Crippen LogP) is 1.27. The van der Waals surface area contributed by atoms with Crippen molar-refractivity contribution in [2.24, 2.45) is 5.92 Å². The zero-order valence-corrected chi connectivity index (χ0v) is 12.5. The van der Waals surface area contributed by atoms with Gasteiger partial charge < -0.3 is 16.2 Å². The van der Waals surface area contributed by atoms with E-state index in [1.54, 1.807) is 12.1 Å². The van der Waals surface area contributed by atoms with Gasteiger partial charge in [0.05, 0.1) is 11.1 Å². The molecule has 120 valence electrons. The Hall–Kier alpha value is -2.83. The van der Waals surface area contributed by atoms with Crippen LogP contribution in [0.25, 0.3) is 0 Å². The van der Waals surface area contributed by atoms with Crippen molar-refractivity contribution in [2.75, 3.05) is 17.6 Å². The minimum Gasteiger partial charge on any atom is -0.478 e. The van der Waals surface area contributed by atoms with E-state index in [0.29, 0.717) is 23.7 Å². The van der Waals surface area contributed by atoms with Crippen LogP contribution in [0.3, 0.4) is 0 Å². The number of nitrogens with one attached hydrogen (secondary N) is 2. The molecule has 1 aromatic heterocycles. The fourth-order valence-corrected chi connectivity index (χ4v) is 2.84. The first-order valence-corrected chi connectivity index (χ1v) is 7.47. The molecule has 7 nitrogen and oxygen atoms in total. The van der Waals surface area contributed by atoms with Crippen molar-refractivity contribution >= 4 is 17.7 Å². The van der Waals surface area contributed by atoms with Gasteiger partial charge in [0.1, 0.15) is 5.82 Å². The van der Waals surface area contributed by atoms with Gasteiger partial charge in [0, 0.05) is 6.54 Å². The average Bonchev–Trinajstić information content (AvgIpc) is 2.53. The van der Waals surface area contributed by atoms with E-state index in [1.807, 2.05) is 12.1 Å². The Balaban J connectivity index is 1.64. The number of nitrogen functional groups attached to an aromatic ring is 1. The van der Waals surface area contributed by atoms with E-state index in [9.17, 15) is 9.59 Å². The molecule has 1 aliphatic rings. The smallest absolute Gasteiger partial charge is 0.335 e. The SMILES string of the molecule is Nc1nc2c(c(=O)[nH]1)C[C@H](CCc1ccc(C(=O)O)cc1)CN2. The van der Waals surface area contributed by atoms with Crippen LogP contribution in [0.15, 0.2) is 29.1 Å². The lowest BCUT2D eigenvalue weighted by Crippen LogP contribution is -2.30. The number of nitrogens with two attached hydrogens (primary N) is 1. The van der Waals surface area contributed by atoms with Crippen LogP contribution >= 0.6 is 0 Å². The summed E-state index contributed by atoms with van der Waals surface area (Å²) in [5.41, 5.74) is 7.38. The third-order valence-electron chi connectivity index (χ3n) is 4.13.